The third-order valence-electron chi connectivity index (χ3n) is 2.76. The summed E-state index contributed by atoms with van der Waals surface area (Å²) in [5.41, 5.74) is -0.642. The van der Waals surface area contributed by atoms with Crippen LogP contribution in [0.15, 0.2) is 16.0 Å². The molecule has 18 heavy (non-hydrogen) atoms. The summed E-state index contributed by atoms with van der Waals surface area (Å²) in [4.78, 5) is 15.3. The van der Waals surface area contributed by atoms with Crippen molar-refractivity contribution in [2.45, 2.75) is 29.9 Å². The minimum absolute atomic E-state index is 0.0218. The Labute approximate surface area is 106 Å². The molecule has 2 rings (SSSR count). The van der Waals surface area contributed by atoms with Gasteiger partial charge in [0.25, 0.3) is 0 Å². The first-order valence-electron chi connectivity index (χ1n) is 5.34. The van der Waals surface area contributed by atoms with E-state index in [1.807, 2.05) is 0 Å². The van der Waals surface area contributed by atoms with Crippen molar-refractivity contribution in [3.63, 3.8) is 0 Å². The molecule has 1 aliphatic rings. The minimum atomic E-state index is -0.879. The molecule has 0 bridgehead atoms. The fraction of sp³-hybridized carbons (Fsp3) is 0.600. The van der Waals surface area contributed by atoms with Gasteiger partial charge in [-0.3, -0.25) is 4.57 Å². The van der Waals surface area contributed by atoms with Crippen LogP contribution in [0.1, 0.15) is 12.6 Å². The number of halogens is 1. The van der Waals surface area contributed by atoms with Crippen LogP contribution in [0.4, 0.5) is 4.39 Å². The summed E-state index contributed by atoms with van der Waals surface area (Å²) in [7, 11) is 0. The molecule has 100 valence electrons. The predicted octanol–water partition coefficient (Wildman–Crippen LogP) is -0.255. The summed E-state index contributed by atoms with van der Waals surface area (Å²) < 4.78 is 19.8. The SMILES string of the molecule is CSc1nc(=O)n([C@H]2C[C@H](O)[C@@H](CO)O2)cc1F. The summed E-state index contributed by atoms with van der Waals surface area (Å²) in [6.07, 6.45) is 0.304. The second kappa shape index (κ2) is 5.35. The summed E-state index contributed by atoms with van der Waals surface area (Å²) >= 11 is 1.04. The molecule has 1 saturated heterocycles. The number of thioether (sulfide) groups is 1. The Morgan fingerprint density at radius 2 is 2.44 bits per heavy atom. The van der Waals surface area contributed by atoms with E-state index in [1.54, 1.807) is 6.26 Å². The first-order chi connectivity index (χ1) is 8.56. The first-order valence-corrected chi connectivity index (χ1v) is 6.56. The Bertz CT molecular complexity index is 495. The van der Waals surface area contributed by atoms with Gasteiger partial charge < -0.3 is 14.9 Å². The molecule has 0 saturated carbocycles. The lowest BCUT2D eigenvalue weighted by molar-refractivity contribution is -0.0463. The molecule has 2 N–H and O–H groups in total. The number of ether oxygens (including phenoxy) is 1. The van der Waals surface area contributed by atoms with Gasteiger partial charge in [0, 0.05) is 12.6 Å². The van der Waals surface area contributed by atoms with E-state index >= 15 is 0 Å². The quantitative estimate of drug-likeness (QED) is 0.585. The molecule has 3 atom stereocenters. The summed E-state index contributed by atoms with van der Waals surface area (Å²) in [6.45, 7) is -0.356. The fourth-order valence-corrected chi connectivity index (χ4v) is 2.25. The predicted molar refractivity (Wildman–Crippen MR) is 61.9 cm³/mol. The van der Waals surface area contributed by atoms with Crippen LogP contribution in [0.3, 0.4) is 0 Å². The van der Waals surface area contributed by atoms with E-state index in [-0.39, 0.29) is 18.1 Å². The van der Waals surface area contributed by atoms with E-state index in [4.69, 9.17) is 9.84 Å². The van der Waals surface area contributed by atoms with Crippen molar-refractivity contribution in [2.24, 2.45) is 0 Å². The van der Waals surface area contributed by atoms with Crippen molar-refractivity contribution >= 4 is 11.8 Å². The van der Waals surface area contributed by atoms with Gasteiger partial charge in [-0.2, -0.15) is 4.98 Å². The Kier molecular flexibility index (Phi) is 4.00. The van der Waals surface area contributed by atoms with Crippen LogP contribution in [0.2, 0.25) is 0 Å². The Hall–Kier alpha value is -0.960. The molecular formula is C10H13FN2O4S. The molecule has 8 heteroatoms. The third-order valence-corrected chi connectivity index (χ3v) is 3.44. The fourth-order valence-electron chi connectivity index (χ4n) is 1.83. The maximum Gasteiger partial charge on any atom is 0.350 e. The number of aromatic nitrogens is 2. The summed E-state index contributed by atoms with van der Waals surface area (Å²) in [5.74, 6) is -0.618. The third kappa shape index (κ3) is 2.41. The van der Waals surface area contributed by atoms with Crippen LogP contribution in [0.25, 0.3) is 0 Å². The average molecular weight is 276 g/mol. The van der Waals surface area contributed by atoms with Gasteiger partial charge in [0.1, 0.15) is 17.4 Å². The second-order valence-corrected chi connectivity index (χ2v) is 4.70. The van der Waals surface area contributed by atoms with Gasteiger partial charge in [-0.15, -0.1) is 11.8 Å². The van der Waals surface area contributed by atoms with Gasteiger partial charge in [-0.05, 0) is 6.26 Å². The van der Waals surface area contributed by atoms with Crippen molar-refractivity contribution < 1.29 is 19.3 Å². The molecular weight excluding hydrogens is 263 g/mol. The molecule has 0 amide bonds. The lowest BCUT2D eigenvalue weighted by Gasteiger charge is -2.14. The van der Waals surface area contributed by atoms with Gasteiger partial charge >= 0.3 is 5.69 Å². The number of hydrogen-bond donors (Lipinski definition) is 2. The minimum Gasteiger partial charge on any atom is -0.394 e. The Balaban J connectivity index is 2.30. The molecule has 1 fully saturated rings. The molecule has 0 aromatic carbocycles. The highest BCUT2D eigenvalue weighted by Crippen LogP contribution is 2.27. The standard InChI is InChI=1S/C10H13FN2O4S/c1-18-9-5(11)3-13(10(16)12-9)8-2-6(15)7(4-14)17-8/h3,6-8,14-15H,2,4H2,1H3/t6-,7+,8+/m0/s1. The van der Waals surface area contributed by atoms with Gasteiger partial charge in [0.05, 0.1) is 12.7 Å². The van der Waals surface area contributed by atoms with Crippen molar-refractivity contribution in [3.05, 3.63) is 22.5 Å². The van der Waals surface area contributed by atoms with Crippen LogP contribution in [-0.2, 0) is 4.74 Å². The maximum absolute atomic E-state index is 13.5. The van der Waals surface area contributed by atoms with Crippen molar-refractivity contribution in [1.29, 1.82) is 0 Å². The number of aliphatic hydroxyl groups excluding tert-OH is 2. The topological polar surface area (TPSA) is 84.6 Å². The maximum atomic E-state index is 13.5. The average Bonchev–Trinajstić information content (AvgIpc) is 2.72. The second-order valence-electron chi connectivity index (χ2n) is 3.90. The van der Waals surface area contributed by atoms with Crippen molar-refractivity contribution in [1.82, 2.24) is 9.55 Å². The highest BCUT2D eigenvalue weighted by molar-refractivity contribution is 7.98. The van der Waals surface area contributed by atoms with Crippen molar-refractivity contribution in [3.8, 4) is 0 Å². The molecule has 0 unspecified atom stereocenters. The molecule has 2 heterocycles. The van der Waals surface area contributed by atoms with E-state index in [9.17, 15) is 14.3 Å². The molecule has 6 nitrogen and oxygen atoms in total. The summed E-state index contributed by atoms with van der Waals surface area (Å²) in [5, 5.41) is 18.5. The molecule has 0 spiro atoms. The van der Waals surface area contributed by atoms with E-state index in [0.717, 1.165) is 22.5 Å². The normalized spacial score (nSPS) is 27.7. The van der Waals surface area contributed by atoms with Crippen LogP contribution in [0.5, 0.6) is 0 Å². The van der Waals surface area contributed by atoms with Crippen molar-refractivity contribution in [2.75, 3.05) is 12.9 Å². The van der Waals surface area contributed by atoms with Gasteiger partial charge in [0.15, 0.2) is 5.82 Å². The first kappa shape index (κ1) is 13.5. The molecule has 1 aliphatic heterocycles. The molecule has 0 aliphatic carbocycles. The number of hydrogen-bond acceptors (Lipinski definition) is 6. The van der Waals surface area contributed by atoms with Crippen LogP contribution in [0, 0.1) is 5.82 Å². The van der Waals surface area contributed by atoms with Crippen LogP contribution in [-0.4, -0.2) is 44.8 Å². The lowest BCUT2D eigenvalue weighted by Crippen LogP contribution is -2.28. The lowest BCUT2D eigenvalue weighted by atomic mass is 10.2. The zero-order valence-electron chi connectivity index (χ0n) is 9.62. The molecule has 1 aromatic rings. The van der Waals surface area contributed by atoms with E-state index in [2.05, 4.69) is 4.98 Å². The van der Waals surface area contributed by atoms with E-state index in [1.165, 1.54) is 0 Å². The monoisotopic (exact) mass is 276 g/mol. The zero-order valence-corrected chi connectivity index (χ0v) is 10.4. The van der Waals surface area contributed by atoms with Crippen LogP contribution >= 0.6 is 11.8 Å². The highest BCUT2D eigenvalue weighted by Gasteiger charge is 2.35. The number of aliphatic hydroxyl groups is 2. The van der Waals surface area contributed by atoms with E-state index < -0.39 is 29.9 Å². The largest absolute Gasteiger partial charge is 0.394 e. The van der Waals surface area contributed by atoms with Gasteiger partial charge in [-0.1, -0.05) is 0 Å². The smallest absolute Gasteiger partial charge is 0.350 e. The Morgan fingerprint density at radius 3 is 3.00 bits per heavy atom. The highest BCUT2D eigenvalue weighted by atomic mass is 32.2. The van der Waals surface area contributed by atoms with Gasteiger partial charge in [0.2, 0.25) is 0 Å². The number of nitrogens with zero attached hydrogens (tertiary/aromatic N) is 2. The number of rotatable bonds is 3. The zero-order chi connectivity index (χ0) is 13.3. The van der Waals surface area contributed by atoms with E-state index in [0.29, 0.717) is 0 Å². The Morgan fingerprint density at radius 1 is 1.72 bits per heavy atom. The molecule has 0 radical (unpaired) electrons. The van der Waals surface area contributed by atoms with Gasteiger partial charge in [-0.25, -0.2) is 9.18 Å². The summed E-state index contributed by atoms with van der Waals surface area (Å²) in [6, 6.07) is 0. The van der Waals surface area contributed by atoms with Crippen LogP contribution < -0.4 is 5.69 Å². The molecule has 1 aromatic heterocycles.